The molecule has 1 saturated heterocycles. The molecule has 1 aliphatic heterocycles. The van der Waals surface area contributed by atoms with Crippen LogP contribution in [-0.4, -0.2) is 39.0 Å². The number of hydrogen-bond donors (Lipinski definition) is 1. The second-order valence-corrected chi connectivity index (χ2v) is 6.29. The highest BCUT2D eigenvalue weighted by Gasteiger charge is 2.40. The summed E-state index contributed by atoms with van der Waals surface area (Å²) in [5.41, 5.74) is 7.32. The number of anilines is 1. The fourth-order valence-electron chi connectivity index (χ4n) is 3.07. The molecule has 0 saturated carbocycles. The van der Waals surface area contributed by atoms with E-state index in [1.807, 2.05) is 12.1 Å². The second kappa shape index (κ2) is 6.67. The van der Waals surface area contributed by atoms with Crippen LogP contribution in [-0.2, 0) is 4.74 Å². The molecular weight excluding hydrogens is 264 g/mol. The fourth-order valence-corrected chi connectivity index (χ4v) is 3.07. The lowest BCUT2D eigenvalue weighted by Gasteiger charge is -2.48. The molecule has 0 aromatic heterocycles. The third kappa shape index (κ3) is 3.33. The Balaban J connectivity index is 2.21. The average molecular weight is 292 g/mol. The van der Waals surface area contributed by atoms with Crippen LogP contribution in [0.4, 0.5) is 5.69 Å². The highest BCUT2D eigenvalue weighted by atomic mass is 16.5. The first-order chi connectivity index (χ1) is 10.0. The van der Waals surface area contributed by atoms with Crippen LogP contribution < -0.4 is 15.4 Å². The topological polar surface area (TPSA) is 47.7 Å². The number of nitrogens with zero attached hydrogens (tertiary/aromatic N) is 1. The maximum absolute atomic E-state index is 6.17. The van der Waals surface area contributed by atoms with Crippen LogP contribution in [0.3, 0.4) is 0 Å². The van der Waals surface area contributed by atoms with Gasteiger partial charge in [0.15, 0.2) is 0 Å². The van der Waals surface area contributed by atoms with Crippen molar-refractivity contribution in [2.24, 2.45) is 11.7 Å². The Morgan fingerprint density at radius 2 is 2.05 bits per heavy atom. The Morgan fingerprint density at radius 3 is 2.57 bits per heavy atom. The van der Waals surface area contributed by atoms with Crippen molar-refractivity contribution >= 4 is 5.69 Å². The summed E-state index contributed by atoms with van der Waals surface area (Å²) < 4.78 is 11.1. The Labute approximate surface area is 128 Å². The largest absolute Gasteiger partial charge is 0.497 e. The lowest BCUT2D eigenvalue weighted by molar-refractivity contribution is -0.0412. The minimum absolute atomic E-state index is 0.0260. The second-order valence-electron chi connectivity index (χ2n) is 6.29. The van der Waals surface area contributed by atoms with Gasteiger partial charge in [0, 0.05) is 25.9 Å². The third-order valence-corrected chi connectivity index (χ3v) is 4.78. The van der Waals surface area contributed by atoms with Crippen molar-refractivity contribution in [1.82, 2.24) is 0 Å². The molecule has 2 rings (SSSR count). The van der Waals surface area contributed by atoms with Crippen molar-refractivity contribution in [3.63, 3.8) is 0 Å². The molecule has 118 valence electrons. The van der Waals surface area contributed by atoms with E-state index in [1.54, 1.807) is 7.11 Å². The third-order valence-electron chi connectivity index (χ3n) is 4.78. The predicted octanol–water partition coefficient (Wildman–Crippen LogP) is 2.66. The summed E-state index contributed by atoms with van der Waals surface area (Å²) in [5.74, 6) is 1.39. The van der Waals surface area contributed by atoms with E-state index in [-0.39, 0.29) is 11.6 Å². The zero-order valence-electron chi connectivity index (χ0n) is 13.6. The molecule has 2 atom stereocenters. The van der Waals surface area contributed by atoms with Crippen molar-refractivity contribution in [1.29, 1.82) is 0 Å². The van der Waals surface area contributed by atoms with Crippen molar-refractivity contribution in [3.05, 3.63) is 24.3 Å². The number of hydrogen-bond acceptors (Lipinski definition) is 4. The molecule has 0 aliphatic carbocycles. The lowest BCUT2D eigenvalue weighted by Crippen LogP contribution is -2.58. The van der Waals surface area contributed by atoms with Gasteiger partial charge in [-0.1, -0.05) is 13.8 Å². The van der Waals surface area contributed by atoms with E-state index in [1.165, 1.54) is 5.69 Å². The maximum atomic E-state index is 6.17. The maximum Gasteiger partial charge on any atom is 0.119 e. The fraction of sp³-hybridized carbons (Fsp3) is 0.647. The highest BCUT2D eigenvalue weighted by Crippen LogP contribution is 2.35. The number of rotatable bonds is 5. The predicted molar refractivity (Wildman–Crippen MR) is 87.0 cm³/mol. The van der Waals surface area contributed by atoms with Gasteiger partial charge < -0.3 is 20.1 Å². The van der Waals surface area contributed by atoms with Crippen LogP contribution in [0.25, 0.3) is 0 Å². The van der Waals surface area contributed by atoms with Gasteiger partial charge in [0.05, 0.1) is 18.8 Å². The van der Waals surface area contributed by atoms with E-state index in [2.05, 4.69) is 37.9 Å². The molecule has 0 radical (unpaired) electrons. The molecule has 4 heteroatoms. The summed E-state index contributed by atoms with van der Waals surface area (Å²) in [7, 11) is 3.82. The molecule has 2 N–H and O–H groups in total. The van der Waals surface area contributed by atoms with Crippen LogP contribution in [0.5, 0.6) is 5.75 Å². The van der Waals surface area contributed by atoms with Crippen LogP contribution in [0.15, 0.2) is 24.3 Å². The van der Waals surface area contributed by atoms with Gasteiger partial charge in [0.1, 0.15) is 5.75 Å². The molecule has 1 aromatic carbocycles. The summed E-state index contributed by atoms with van der Waals surface area (Å²) in [6.07, 6.45) is 2.22. The Bertz CT molecular complexity index is 447. The van der Waals surface area contributed by atoms with Gasteiger partial charge in [-0.3, -0.25) is 0 Å². The standard InChI is InChI=1S/C17H28N2O2/c1-13(2)16-11-17(12-18,9-10-21-16)19(3)14-5-7-15(20-4)8-6-14/h5-8,13,16H,9-12,18H2,1-4H3. The van der Waals surface area contributed by atoms with Gasteiger partial charge in [0.2, 0.25) is 0 Å². The van der Waals surface area contributed by atoms with Crippen LogP contribution >= 0.6 is 0 Å². The Kier molecular flexibility index (Phi) is 5.12. The number of ether oxygens (including phenoxy) is 2. The summed E-state index contributed by atoms with van der Waals surface area (Å²) in [6, 6.07) is 8.18. The monoisotopic (exact) mass is 292 g/mol. The van der Waals surface area contributed by atoms with E-state index in [0.29, 0.717) is 12.5 Å². The minimum Gasteiger partial charge on any atom is -0.497 e. The van der Waals surface area contributed by atoms with Crippen LogP contribution in [0.2, 0.25) is 0 Å². The van der Waals surface area contributed by atoms with Crippen molar-refractivity contribution in [2.75, 3.05) is 32.2 Å². The van der Waals surface area contributed by atoms with Gasteiger partial charge >= 0.3 is 0 Å². The summed E-state index contributed by atoms with van der Waals surface area (Å²) >= 11 is 0. The van der Waals surface area contributed by atoms with Gasteiger partial charge in [0.25, 0.3) is 0 Å². The molecular formula is C17H28N2O2. The zero-order valence-corrected chi connectivity index (χ0v) is 13.6. The molecule has 1 aromatic rings. The van der Waals surface area contributed by atoms with Gasteiger partial charge in [-0.05, 0) is 43.0 Å². The summed E-state index contributed by atoms with van der Waals surface area (Å²) in [4.78, 5) is 2.32. The molecule has 0 bridgehead atoms. The molecule has 2 unspecified atom stereocenters. The molecule has 4 nitrogen and oxygen atoms in total. The van der Waals surface area contributed by atoms with E-state index >= 15 is 0 Å². The SMILES string of the molecule is COc1ccc(N(C)C2(CN)CCOC(C(C)C)C2)cc1. The van der Waals surface area contributed by atoms with Crippen molar-refractivity contribution in [3.8, 4) is 5.75 Å². The Morgan fingerprint density at radius 1 is 1.38 bits per heavy atom. The van der Waals surface area contributed by atoms with Crippen LogP contribution in [0.1, 0.15) is 26.7 Å². The molecule has 21 heavy (non-hydrogen) atoms. The van der Waals surface area contributed by atoms with Gasteiger partial charge in [-0.15, -0.1) is 0 Å². The average Bonchev–Trinajstić information content (AvgIpc) is 2.54. The number of benzene rings is 1. The van der Waals surface area contributed by atoms with Crippen molar-refractivity contribution < 1.29 is 9.47 Å². The molecule has 0 spiro atoms. The number of likely N-dealkylation sites (N-methyl/N-ethyl adjacent to an activating group) is 1. The van der Waals surface area contributed by atoms with E-state index < -0.39 is 0 Å². The van der Waals surface area contributed by atoms with Crippen molar-refractivity contribution in [2.45, 2.75) is 38.3 Å². The summed E-state index contributed by atoms with van der Waals surface area (Å²) in [6.45, 7) is 5.85. The Hall–Kier alpha value is -1.26. The van der Waals surface area contributed by atoms with E-state index in [0.717, 1.165) is 25.2 Å². The number of nitrogens with two attached hydrogens (primary N) is 1. The normalized spacial score (nSPS) is 25.9. The van der Waals surface area contributed by atoms with Crippen LogP contribution in [0, 0.1) is 5.92 Å². The molecule has 1 fully saturated rings. The van der Waals surface area contributed by atoms with E-state index in [9.17, 15) is 0 Å². The smallest absolute Gasteiger partial charge is 0.119 e. The number of methoxy groups -OCH3 is 1. The summed E-state index contributed by atoms with van der Waals surface area (Å²) in [5, 5.41) is 0. The first-order valence-corrected chi connectivity index (χ1v) is 7.72. The first-order valence-electron chi connectivity index (χ1n) is 7.72. The quantitative estimate of drug-likeness (QED) is 0.906. The molecule has 1 aliphatic rings. The first kappa shape index (κ1) is 16.1. The van der Waals surface area contributed by atoms with Gasteiger partial charge in [-0.25, -0.2) is 0 Å². The van der Waals surface area contributed by atoms with E-state index in [4.69, 9.17) is 15.2 Å². The molecule has 0 amide bonds. The van der Waals surface area contributed by atoms with Gasteiger partial charge in [-0.2, -0.15) is 0 Å². The lowest BCUT2D eigenvalue weighted by atomic mass is 9.81. The molecule has 1 heterocycles. The zero-order chi connectivity index (χ0) is 15.5. The minimum atomic E-state index is -0.0260. The highest BCUT2D eigenvalue weighted by molar-refractivity contribution is 5.51.